The fourth-order valence-electron chi connectivity index (χ4n) is 2.00. The van der Waals surface area contributed by atoms with Crippen molar-refractivity contribution in [1.82, 2.24) is 20.2 Å². The number of tetrazole rings is 1. The van der Waals surface area contributed by atoms with E-state index in [0.717, 1.165) is 0 Å². The van der Waals surface area contributed by atoms with Crippen LogP contribution in [0.15, 0.2) is 59.8 Å². The average Bonchev–Trinajstić information content (AvgIpc) is 3.09. The molecule has 0 aliphatic rings. The number of carbonyl (C=O) groups excluding carboxylic acids is 1. The minimum absolute atomic E-state index is 0.0944. The molecule has 0 radical (unpaired) electrons. The smallest absolute Gasteiger partial charge is 0.339 e. The predicted molar refractivity (Wildman–Crippen MR) is 83.4 cm³/mol. The standard InChI is InChI=1S/C15H12N4O4S/c1-11(20)12-4-2-7-15(8-12)24(21,22)23-14-6-3-5-13(9-14)19-10-16-17-18-19/h2-10H,1H3. The van der Waals surface area contributed by atoms with Crippen molar-refractivity contribution in [2.24, 2.45) is 0 Å². The molecular formula is C15H12N4O4S. The monoisotopic (exact) mass is 344 g/mol. The van der Waals surface area contributed by atoms with Gasteiger partial charge >= 0.3 is 10.1 Å². The number of ketones is 1. The lowest BCUT2D eigenvalue weighted by Crippen LogP contribution is -2.11. The van der Waals surface area contributed by atoms with E-state index in [9.17, 15) is 13.2 Å². The zero-order valence-electron chi connectivity index (χ0n) is 12.5. The van der Waals surface area contributed by atoms with Gasteiger partial charge in [-0.1, -0.05) is 18.2 Å². The first kappa shape index (κ1) is 15.8. The van der Waals surface area contributed by atoms with Gasteiger partial charge in [-0.3, -0.25) is 4.79 Å². The van der Waals surface area contributed by atoms with Crippen molar-refractivity contribution >= 4 is 15.9 Å². The molecule has 1 aromatic heterocycles. The van der Waals surface area contributed by atoms with Gasteiger partial charge in [0.05, 0.1) is 5.69 Å². The van der Waals surface area contributed by atoms with E-state index in [0.29, 0.717) is 11.3 Å². The summed E-state index contributed by atoms with van der Waals surface area (Å²) in [4.78, 5) is 11.3. The summed E-state index contributed by atoms with van der Waals surface area (Å²) < 4.78 is 31.3. The molecule has 0 bridgehead atoms. The van der Waals surface area contributed by atoms with Crippen LogP contribution in [-0.4, -0.2) is 34.4 Å². The number of aromatic nitrogens is 4. The fraction of sp³-hybridized carbons (Fsp3) is 0.0667. The second kappa shape index (κ2) is 6.20. The summed E-state index contributed by atoms with van der Waals surface area (Å²) in [6, 6.07) is 12.0. The van der Waals surface area contributed by atoms with Gasteiger partial charge in [0.25, 0.3) is 0 Å². The van der Waals surface area contributed by atoms with Crippen LogP contribution in [0, 0.1) is 0 Å². The fourth-order valence-corrected chi connectivity index (χ4v) is 2.97. The molecule has 3 aromatic rings. The third-order valence-corrected chi connectivity index (χ3v) is 4.41. The van der Waals surface area contributed by atoms with E-state index in [-0.39, 0.29) is 16.4 Å². The van der Waals surface area contributed by atoms with Crippen LogP contribution in [0.5, 0.6) is 5.75 Å². The van der Waals surface area contributed by atoms with Gasteiger partial charge in [-0.25, -0.2) is 4.68 Å². The van der Waals surface area contributed by atoms with Crippen molar-refractivity contribution in [1.29, 1.82) is 0 Å². The normalized spacial score (nSPS) is 11.2. The molecule has 24 heavy (non-hydrogen) atoms. The Morgan fingerprint density at radius 1 is 1.12 bits per heavy atom. The molecule has 9 heteroatoms. The second-order valence-corrected chi connectivity index (χ2v) is 6.42. The van der Waals surface area contributed by atoms with Crippen LogP contribution in [0.4, 0.5) is 0 Å². The van der Waals surface area contributed by atoms with E-state index in [4.69, 9.17) is 4.18 Å². The maximum atomic E-state index is 12.4. The van der Waals surface area contributed by atoms with E-state index < -0.39 is 10.1 Å². The van der Waals surface area contributed by atoms with E-state index in [1.54, 1.807) is 18.2 Å². The molecule has 3 rings (SSSR count). The number of Topliss-reactive ketones (excluding diaryl/α,β-unsaturated/α-hetero) is 1. The zero-order valence-corrected chi connectivity index (χ0v) is 13.3. The molecule has 0 spiro atoms. The molecule has 0 N–H and O–H groups in total. The lowest BCUT2D eigenvalue weighted by molar-refractivity contribution is 0.101. The quantitative estimate of drug-likeness (QED) is 0.512. The first-order valence-corrected chi connectivity index (χ1v) is 8.25. The first-order chi connectivity index (χ1) is 11.5. The molecule has 0 atom stereocenters. The molecule has 0 aliphatic carbocycles. The van der Waals surface area contributed by atoms with Gasteiger partial charge in [-0.15, -0.1) is 5.10 Å². The number of hydrogen-bond donors (Lipinski definition) is 0. The Kier molecular flexibility index (Phi) is 4.09. The third-order valence-electron chi connectivity index (χ3n) is 3.17. The number of hydrogen-bond acceptors (Lipinski definition) is 7. The molecule has 2 aromatic carbocycles. The number of rotatable bonds is 5. The summed E-state index contributed by atoms with van der Waals surface area (Å²) >= 11 is 0. The lowest BCUT2D eigenvalue weighted by Gasteiger charge is -2.09. The first-order valence-electron chi connectivity index (χ1n) is 6.85. The highest BCUT2D eigenvalue weighted by Gasteiger charge is 2.18. The molecule has 122 valence electrons. The van der Waals surface area contributed by atoms with Crippen LogP contribution in [0.25, 0.3) is 5.69 Å². The number of carbonyl (C=O) groups is 1. The van der Waals surface area contributed by atoms with Crippen molar-refractivity contribution in [3.05, 3.63) is 60.4 Å². The summed E-state index contributed by atoms with van der Waals surface area (Å²) in [6.07, 6.45) is 1.38. The van der Waals surface area contributed by atoms with Crippen molar-refractivity contribution < 1.29 is 17.4 Å². The van der Waals surface area contributed by atoms with Crippen LogP contribution < -0.4 is 4.18 Å². The summed E-state index contributed by atoms with van der Waals surface area (Å²) in [5.41, 5.74) is 0.840. The molecular weight excluding hydrogens is 332 g/mol. The number of benzene rings is 2. The maximum Gasteiger partial charge on any atom is 0.339 e. The van der Waals surface area contributed by atoms with Gasteiger partial charge in [0.1, 0.15) is 17.0 Å². The minimum atomic E-state index is -4.07. The summed E-state index contributed by atoms with van der Waals surface area (Å²) in [7, 11) is -4.07. The Morgan fingerprint density at radius 2 is 1.92 bits per heavy atom. The van der Waals surface area contributed by atoms with Crippen LogP contribution in [0.3, 0.4) is 0 Å². The van der Waals surface area contributed by atoms with Crippen LogP contribution >= 0.6 is 0 Å². The molecule has 0 fully saturated rings. The number of nitrogens with zero attached hydrogens (tertiary/aromatic N) is 4. The van der Waals surface area contributed by atoms with Crippen molar-refractivity contribution in [3.63, 3.8) is 0 Å². The molecule has 0 amide bonds. The highest BCUT2D eigenvalue weighted by Crippen LogP contribution is 2.21. The van der Waals surface area contributed by atoms with Gasteiger partial charge in [-0.2, -0.15) is 8.42 Å². The second-order valence-electron chi connectivity index (χ2n) is 4.87. The van der Waals surface area contributed by atoms with Gasteiger partial charge in [0.15, 0.2) is 5.78 Å². The van der Waals surface area contributed by atoms with Crippen LogP contribution in [-0.2, 0) is 10.1 Å². The molecule has 1 heterocycles. The van der Waals surface area contributed by atoms with E-state index in [2.05, 4.69) is 15.5 Å². The summed E-state index contributed by atoms with van der Waals surface area (Å²) in [6.45, 7) is 1.36. The summed E-state index contributed by atoms with van der Waals surface area (Å²) in [5.74, 6) is -0.121. The van der Waals surface area contributed by atoms with Gasteiger partial charge in [-0.05, 0) is 41.6 Å². The van der Waals surface area contributed by atoms with E-state index in [1.807, 2.05) is 0 Å². The third kappa shape index (κ3) is 3.30. The SMILES string of the molecule is CC(=O)c1cccc(S(=O)(=O)Oc2cccc(-n3cnnn3)c2)c1. The highest BCUT2D eigenvalue weighted by atomic mass is 32.2. The van der Waals surface area contributed by atoms with Crippen LogP contribution in [0.1, 0.15) is 17.3 Å². The Balaban J connectivity index is 1.91. The molecule has 0 saturated heterocycles. The molecule has 0 aliphatic heterocycles. The topological polar surface area (TPSA) is 104 Å². The van der Waals surface area contributed by atoms with Gasteiger partial charge in [0, 0.05) is 11.6 Å². The van der Waals surface area contributed by atoms with Gasteiger partial charge < -0.3 is 4.18 Å². The Hall–Kier alpha value is -3.07. The highest BCUT2D eigenvalue weighted by molar-refractivity contribution is 7.87. The molecule has 0 saturated carbocycles. The Labute approximate surface area is 137 Å². The lowest BCUT2D eigenvalue weighted by atomic mass is 10.2. The minimum Gasteiger partial charge on any atom is -0.379 e. The average molecular weight is 344 g/mol. The van der Waals surface area contributed by atoms with Crippen molar-refractivity contribution in [2.45, 2.75) is 11.8 Å². The van der Waals surface area contributed by atoms with Crippen molar-refractivity contribution in [2.75, 3.05) is 0 Å². The summed E-state index contributed by atoms with van der Waals surface area (Å²) in [5, 5.41) is 10.8. The maximum absolute atomic E-state index is 12.4. The zero-order chi connectivity index (χ0) is 17.2. The van der Waals surface area contributed by atoms with Crippen LogP contribution in [0.2, 0.25) is 0 Å². The Bertz CT molecular complexity index is 984. The van der Waals surface area contributed by atoms with E-state index in [1.165, 1.54) is 48.3 Å². The van der Waals surface area contributed by atoms with E-state index >= 15 is 0 Å². The predicted octanol–water partition coefficient (Wildman–Crippen LogP) is 1.63. The molecule has 8 nitrogen and oxygen atoms in total. The van der Waals surface area contributed by atoms with Gasteiger partial charge in [0.2, 0.25) is 0 Å². The Morgan fingerprint density at radius 3 is 2.62 bits per heavy atom. The van der Waals surface area contributed by atoms with Crippen molar-refractivity contribution in [3.8, 4) is 11.4 Å². The molecule has 0 unspecified atom stereocenters. The largest absolute Gasteiger partial charge is 0.379 e.